The molecule has 0 saturated carbocycles. The van der Waals surface area contributed by atoms with E-state index >= 15 is 0 Å². The summed E-state index contributed by atoms with van der Waals surface area (Å²) in [5.41, 5.74) is -0.0145. The molecular weight excluding hydrogens is 659 g/mol. The van der Waals surface area contributed by atoms with Crippen molar-refractivity contribution in [3.63, 3.8) is 0 Å². The number of imide groups is 1. The van der Waals surface area contributed by atoms with Gasteiger partial charge in [-0.15, -0.1) is 0 Å². The van der Waals surface area contributed by atoms with Crippen LogP contribution >= 0.6 is 34.7 Å². The van der Waals surface area contributed by atoms with Crippen LogP contribution in [0.5, 0.6) is 0 Å². The minimum absolute atomic E-state index is 0.190. The van der Waals surface area contributed by atoms with Gasteiger partial charge in [0.15, 0.2) is 0 Å². The second kappa shape index (κ2) is 11.4. The second-order valence-corrected chi connectivity index (χ2v) is 13.4. The van der Waals surface area contributed by atoms with Crippen LogP contribution in [0.1, 0.15) is 21.9 Å². The number of thiazole rings is 1. The van der Waals surface area contributed by atoms with E-state index in [0.717, 1.165) is 57.0 Å². The number of fused-ring (bicyclic) bond motifs is 3. The zero-order valence-electron chi connectivity index (χ0n) is 23.5. The maximum Gasteiger partial charge on any atom is 0.416 e. The molecule has 4 aromatic carbocycles. The van der Waals surface area contributed by atoms with Gasteiger partial charge in [0.25, 0.3) is 0 Å². The summed E-state index contributed by atoms with van der Waals surface area (Å²) in [5, 5.41) is 4.35. The van der Waals surface area contributed by atoms with Crippen molar-refractivity contribution in [1.82, 2.24) is 4.57 Å². The van der Waals surface area contributed by atoms with Gasteiger partial charge in [0.1, 0.15) is 11.8 Å². The third-order valence-corrected chi connectivity index (χ3v) is 10.9. The standard InChI is InChI=1S/C33H21ClF3N3O4S2/c34-20-13-11-18(12-14-20)25-26-27(30(43)40(29(26)42)21-8-4-7-19(15-21)33(35,36)37)45-31-28(25)46-32(44)39(31)16-24(41)38-23-10-3-6-17-5-1-2-9-22(17)23/h1-15,25-27H,16H2,(H,38,41)/t25-,26?,27?/m1/s1. The van der Waals surface area contributed by atoms with Gasteiger partial charge in [-0.3, -0.25) is 23.7 Å². The van der Waals surface area contributed by atoms with E-state index in [2.05, 4.69) is 5.32 Å². The number of halogens is 4. The summed E-state index contributed by atoms with van der Waals surface area (Å²) in [7, 11) is 0. The van der Waals surface area contributed by atoms with E-state index in [-0.39, 0.29) is 12.2 Å². The summed E-state index contributed by atoms with van der Waals surface area (Å²) >= 11 is 7.99. The molecular formula is C33H21ClF3N3O4S2. The number of carbonyl (C=O) groups excluding carboxylic acids is 3. The van der Waals surface area contributed by atoms with Gasteiger partial charge in [-0.2, -0.15) is 13.2 Å². The van der Waals surface area contributed by atoms with Crippen LogP contribution in [-0.2, 0) is 27.1 Å². The van der Waals surface area contributed by atoms with Crippen LogP contribution < -0.4 is 15.1 Å². The molecule has 7 nitrogen and oxygen atoms in total. The first-order valence-corrected chi connectivity index (χ1v) is 16.1. The normalized spacial score (nSPS) is 19.3. The number of nitrogens with zero attached hydrogens (tertiary/aromatic N) is 2. The Morgan fingerprint density at radius 1 is 0.891 bits per heavy atom. The molecule has 0 aliphatic carbocycles. The molecule has 0 spiro atoms. The van der Waals surface area contributed by atoms with E-state index in [1.54, 1.807) is 30.3 Å². The summed E-state index contributed by atoms with van der Waals surface area (Å²) in [5.74, 6) is -3.64. The van der Waals surface area contributed by atoms with E-state index in [0.29, 0.717) is 26.2 Å². The van der Waals surface area contributed by atoms with Crippen molar-refractivity contribution in [3.05, 3.63) is 122 Å². The lowest BCUT2D eigenvalue weighted by Crippen LogP contribution is -2.33. The van der Waals surface area contributed by atoms with E-state index in [4.69, 9.17) is 11.6 Å². The zero-order chi connectivity index (χ0) is 32.3. The molecule has 7 rings (SSSR count). The summed E-state index contributed by atoms with van der Waals surface area (Å²) in [6.45, 7) is -0.356. The fourth-order valence-corrected chi connectivity index (χ4v) is 8.93. The Morgan fingerprint density at radius 2 is 1.61 bits per heavy atom. The molecule has 3 heterocycles. The average Bonchev–Trinajstić information content (AvgIpc) is 3.47. The van der Waals surface area contributed by atoms with Crippen molar-refractivity contribution in [2.24, 2.45) is 5.92 Å². The maximum atomic E-state index is 14.0. The lowest BCUT2D eigenvalue weighted by Gasteiger charge is -2.30. The SMILES string of the molecule is O=C(Cn1c2c(sc1=O)[C@H](c1ccc(Cl)cc1)C1C(=O)N(c3cccc(C(F)(F)F)c3)C(=O)C1S2)Nc1cccc2ccccc12. The number of nitrogens with one attached hydrogen (secondary N) is 1. The summed E-state index contributed by atoms with van der Waals surface area (Å²) in [6, 6.07) is 23.7. The molecule has 3 amide bonds. The minimum atomic E-state index is -4.68. The third kappa shape index (κ3) is 5.20. The van der Waals surface area contributed by atoms with Crippen LogP contribution in [-0.4, -0.2) is 27.5 Å². The molecule has 13 heteroatoms. The monoisotopic (exact) mass is 679 g/mol. The van der Waals surface area contributed by atoms with Gasteiger partial charge < -0.3 is 5.32 Å². The van der Waals surface area contributed by atoms with Crippen LogP contribution in [0.25, 0.3) is 10.8 Å². The number of hydrogen-bond acceptors (Lipinski definition) is 6. The number of amides is 3. The van der Waals surface area contributed by atoms with Crippen LogP contribution in [0, 0.1) is 5.92 Å². The lowest BCUT2D eigenvalue weighted by atomic mass is 9.83. The minimum Gasteiger partial charge on any atom is -0.324 e. The zero-order valence-corrected chi connectivity index (χ0v) is 25.8. The van der Waals surface area contributed by atoms with Crippen molar-refractivity contribution < 1.29 is 27.6 Å². The van der Waals surface area contributed by atoms with Gasteiger partial charge >= 0.3 is 11.0 Å². The number of anilines is 2. The molecule has 1 fully saturated rings. The van der Waals surface area contributed by atoms with Crippen LogP contribution in [0.3, 0.4) is 0 Å². The van der Waals surface area contributed by atoms with E-state index in [1.807, 2.05) is 36.4 Å². The molecule has 2 aliphatic heterocycles. The first-order valence-electron chi connectivity index (χ1n) is 14.0. The lowest BCUT2D eigenvalue weighted by molar-refractivity contribution is -0.137. The number of benzene rings is 4. The molecule has 5 aromatic rings. The van der Waals surface area contributed by atoms with Gasteiger partial charge in [0.2, 0.25) is 17.7 Å². The molecule has 2 aliphatic rings. The quantitative estimate of drug-likeness (QED) is 0.199. The van der Waals surface area contributed by atoms with Gasteiger partial charge in [0, 0.05) is 26.9 Å². The van der Waals surface area contributed by atoms with E-state index in [9.17, 15) is 32.3 Å². The van der Waals surface area contributed by atoms with Gasteiger partial charge in [-0.25, -0.2) is 4.90 Å². The van der Waals surface area contributed by atoms with Crippen molar-refractivity contribution in [2.75, 3.05) is 10.2 Å². The number of thioether (sulfide) groups is 1. The highest BCUT2D eigenvalue weighted by Gasteiger charge is 2.57. The third-order valence-electron chi connectivity index (χ3n) is 8.08. The first-order chi connectivity index (χ1) is 22.0. The average molecular weight is 680 g/mol. The number of rotatable bonds is 5. The Morgan fingerprint density at radius 3 is 2.37 bits per heavy atom. The molecule has 1 N–H and O–H groups in total. The van der Waals surface area contributed by atoms with Gasteiger partial charge in [-0.1, -0.05) is 89.3 Å². The summed E-state index contributed by atoms with van der Waals surface area (Å²) in [4.78, 5) is 55.5. The fraction of sp³-hybridized carbons (Fsp3) is 0.152. The van der Waals surface area contributed by atoms with Crippen molar-refractivity contribution >= 4 is 74.6 Å². The number of alkyl halides is 3. The van der Waals surface area contributed by atoms with Gasteiger partial charge in [0.05, 0.1) is 22.2 Å². The predicted octanol–water partition coefficient (Wildman–Crippen LogP) is 7.17. The van der Waals surface area contributed by atoms with Crippen LogP contribution in [0.15, 0.2) is 101 Å². The molecule has 0 bridgehead atoms. The molecule has 2 unspecified atom stereocenters. The Hall–Kier alpha value is -4.39. The topological polar surface area (TPSA) is 88.5 Å². The molecule has 3 atom stereocenters. The van der Waals surface area contributed by atoms with Crippen LogP contribution in [0.4, 0.5) is 24.5 Å². The maximum absolute atomic E-state index is 14.0. The van der Waals surface area contributed by atoms with E-state index in [1.165, 1.54) is 10.6 Å². The number of aromatic nitrogens is 1. The van der Waals surface area contributed by atoms with Crippen molar-refractivity contribution in [2.45, 2.75) is 28.9 Å². The molecule has 0 radical (unpaired) electrons. The van der Waals surface area contributed by atoms with Crippen molar-refractivity contribution in [3.8, 4) is 0 Å². The largest absolute Gasteiger partial charge is 0.416 e. The Kier molecular flexibility index (Phi) is 7.53. The van der Waals surface area contributed by atoms with Gasteiger partial charge in [-0.05, 0) is 47.3 Å². The number of hydrogen-bond donors (Lipinski definition) is 1. The van der Waals surface area contributed by atoms with Crippen LogP contribution in [0.2, 0.25) is 5.02 Å². The van der Waals surface area contributed by atoms with E-state index < -0.39 is 51.4 Å². The highest BCUT2D eigenvalue weighted by Crippen LogP contribution is 2.54. The highest BCUT2D eigenvalue weighted by atomic mass is 35.5. The Balaban J connectivity index is 1.28. The Bertz CT molecular complexity index is 2110. The Labute approximate surface area is 272 Å². The fourth-order valence-electron chi connectivity index (χ4n) is 6.03. The first kappa shape index (κ1) is 30.3. The number of carbonyl (C=O) groups is 3. The summed E-state index contributed by atoms with van der Waals surface area (Å²) < 4.78 is 41.9. The smallest absolute Gasteiger partial charge is 0.324 e. The van der Waals surface area contributed by atoms with Crippen molar-refractivity contribution in [1.29, 1.82) is 0 Å². The summed E-state index contributed by atoms with van der Waals surface area (Å²) in [6.07, 6.45) is -4.68. The highest BCUT2D eigenvalue weighted by molar-refractivity contribution is 8.00. The second-order valence-electron chi connectivity index (χ2n) is 10.9. The molecule has 1 aromatic heterocycles. The molecule has 232 valence electrons. The predicted molar refractivity (Wildman–Crippen MR) is 172 cm³/mol. The molecule has 46 heavy (non-hydrogen) atoms. The molecule has 1 saturated heterocycles.